The van der Waals surface area contributed by atoms with Crippen molar-refractivity contribution in [3.8, 4) is 22.3 Å². The summed E-state index contributed by atoms with van der Waals surface area (Å²) < 4.78 is 0. The van der Waals surface area contributed by atoms with Crippen LogP contribution in [0.15, 0.2) is 97.1 Å². The van der Waals surface area contributed by atoms with Crippen LogP contribution in [0.1, 0.15) is 111 Å². The molecule has 4 heteroatoms. The Morgan fingerprint density at radius 2 is 0.875 bits per heavy atom. The zero-order valence-corrected chi connectivity index (χ0v) is 40.2. The second-order valence-electron chi connectivity index (χ2n) is 16.0. The summed E-state index contributed by atoms with van der Waals surface area (Å²) >= 11 is 1.36. The standard InChI is InChI=1S/2C24H27.C3H7.CH3.2ClH.Si.Zr/c2*1-17-11-18(2)13-22(12-17)23-10-6-9-21-15-20(16-24(21)23)14-19-7-4-3-5-8-19;1-3-2;;;;;/h2*6,9-13,15-16,19H,3-5,7-8,14H2,1-2H3;1,3H2,2H3;1H3;2*1H;;/q4*-1;;;;. The molecule has 0 N–H and O–H groups in total. The number of benzene rings is 4. The maximum atomic E-state index is 3.49. The Bertz CT molecular complexity index is 1850. The van der Waals surface area contributed by atoms with Crippen molar-refractivity contribution in [2.75, 3.05) is 0 Å². The molecule has 0 spiro atoms. The molecule has 8 rings (SSSR count). The van der Waals surface area contributed by atoms with Crippen LogP contribution in [0, 0.1) is 53.9 Å². The van der Waals surface area contributed by atoms with Crippen molar-refractivity contribution in [1.82, 2.24) is 0 Å². The average molecular weight is 881 g/mol. The van der Waals surface area contributed by atoms with Gasteiger partial charge < -0.3 is 14.4 Å². The first kappa shape index (κ1) is 49.9. The molecule has 300 valence electrons. The fourth-order valence-corrected chi connectivity index (χ4v) is 9.04. The first-order chi connectivity index (χ1) is 25.8. The van der Waals surface area contributed by atoms with Gasteiger partial charge in [-0.3, -0.25) is 0 Å². The first-order valence-electron chi connectivity index (χ1n) is 20.4. The molecule has 0 nitrogen and oxygen atoms in total. The quantitative estimate of drug-likeness (QED) is 0.115. The van der Waals surface area contributed by atoms with Crippen molar-refractivity contribution < 1.29 is 23.3 Å². The van der Waals surface area contributed by atoms with E-state index < -0.39 is 0 Å². The van der Waals surface area contributed by atoms with Crippen LogP contribution < -0.4 is 0 Å². The minimum absolute atomic E-state index is 0. The van der Waals surface area contributed by atoms with E-state index in [1.807, 2.05) is 6.92 Å². The molecule has 2 radical (unpaired) electrons. The van der Waals surface area contributed by atoms with Gasteiger partial charge in [0.1, 0.15) is 0 Å². The molecule has 0 aromatic heterocycles. The monoisotopic (exact) mass is 878 g/mol. The number of halogens is 2. The number of hydrogen-bond donors (Lipinski definition) is 0. The fourth-order valence-electron chi connectivity index (χ4n) is 9.04. The van der Waals surface area contributed by atoms with Crippen molar-refractivity contribution in [3.05, 3.63) is 145 Å². The molecule has 0 saturated heterocycles. The zero-order chi connectivity index (χ0) is 37.7. The van der Waals surface area contributed by atoms with E-state index in [1.165, 1.54) is 178 Å². The van der Waals surface area contributed by atoms with Gasteiger partial charge in [-0.2, -0.15) is 18.6 Å². The molecule has 6 aromatic carbocycles. The zero-order valence-electron chi connectivity index (χ0n) is 35.1. The number of fused-ring (bicyclic) bond motifs is 2. The van der Waals surface area contributed by atoms with Crippen molar-refractivity contribution >= 4 is 53.2 Å². The first-order valence-corrected chi connectivity index (χ1v) is 24.6. The molecule has 0 bridgehead atoms. The summed E-state index contributed by atoms with van der Waals surface area (Å²) in [6, 6.07) is 37.0. The van der Waals surface area contributed by atoms with E-state index in [0.717, 1.165) is 18.3 Å². The van der Waals surface area contributed by atoms with Gasteiger partial charge in [0.05, 0.1) is 0 Å². The normalized spacial score (nSPS) is 14.0. The summed E-state index contributed by atoms with van der Waals surface area (Å²) in [4.78, 5) is 0. The average Bonchev–Trinajstić information content (AvgIpc) is 3.76. The summed E-state index contributed by atoms with van der Waals surface area (Å²) in [7, 11) is 0. The molecule has 0 amide bonds. The van der Waals surface area contributed by atoms with Gasteiger partial charge in [-0.1, -0.05) is 153 Å². The van der Waals surface area contributed by atoms with Crippen molar-refractivity contribution in [2.45, 2.75) is 118 Å². The van der Waals surface area contributed by atoms with Crippen molar-refractivity contribution in [1.29, 1.82) is 0 Å². The summed E-state index contributed by atoms with van der Waals surface area (Å²) in [5, 5.41) is 5.65. The van der Waals surface area contributed by atoms with Gasteiger partial charge in [0.15, 0.2) is 0 Å². The van der Waals surface area contributed by atoms with E-state index >= 15 is 0 Å². The van der Waals surface area contributed by atoms with Gasteiger partial charge in [0.2, 0.25) is 0 Å². The van der Waals surface area contributed by atoms with Gasteiger partial charge in [0, 0.05) is 0 Å². The van der Waals surface area contributed by atoms with Crippen molar-refractivity contribution in [3.63, 3.8) is 0 Å². The molecular formula is C52H66Cl2SiZr-4. The van der Waals surface area contributed by atoms with Crippen LogP contribution in [0.25, 0.3) is 43.8 Å². The molecule has 0 heterocycles. The molecule has 2 fully saturated rings. The fraction of sp³-hybridized carbons (Fsp3) is 0.385. The predicted molar refractivity (Wildman–Crippen MR) is 252 cm³/mol. The Kier molecular flexibility index (Phi) is 22.6. The van der Waals surface area contributed by atoms with Crippen molar-refractivity contribution in [2.24, 2.45) is 11.8 Å². The van der Waals surface area contributed by atoms with Crippen LogP contribution in [-0.4, -0.2) is 6.88 Å². The molecule has 6 aromatic rings. The van der Waals surface area contributed by atoms with Gasteiger partial charge in [-0.15, -0.1) is 93.9 Å². The topological polar surface area (TPSA) is 0 Å². The predicted octanol–water partition coefficient (Wildman–Crippen LogP) is 16.1. The summed E-state index contributed by atoms with van der Waals surface area (Å²) in [5.74, 6) is 1.81. The van der Waals surface area contributed by atoms with E-state index in [9.17, 15) is 0 Å². The van der Waals surface area contributed by atoms with Gasteiger partial charge in [-0.25, -0.2) is 0 Å². The number of aryl methyl sites for hydroxylation is 4. The third-order valence-electron chi connectivity index (χ3n) is 11.2. The van der Waals surface area contributed by atoms with Crippen LogP contribution in [0.5, 0.6) is 0 Å². The van der Waals surface area contributed by atoms with E-state index in [4.69, 9.17) is 0 Å². The molecule has 2 aliphatic carbocycles. The molecular weight excluding hydrogens is 815 g/mol. The second-order valence-corrected chi connectivity index (χ2v) is 16.0. The maximum absolute atomic E-state index is 3.49. The van der Waals surface area contributed by atoms with Gasteiger partial charge in [-0.05, 0) is 63.5 Å². The second kappa shape index (κ2) is 25.3. The summed E-state index contributed by atoms with van der Waals surface area (Å²) in [6.45, 7) is 17.3. The molecule has 0 atom stereocenters. The van der Waals surface area contributed by atoms with Crippen LogP contribution in [0.4, 0.5) is 0 Å². The number of rotatable bonds is 6. The van der Waals surface area contributed by atoms with E-state index in [2.05, 4.69) is 139 Å². The third kappa shape index (κ3) is 14.0. The molecule has 56 heavy (non-hydrogen) atoms. The summed E-state index contributed by atoms with van der Waals surface area (Å²) in [5.41, 5.74) is 13.9. The van der Waals surface area contributed by atoms with Crippen LogP contribution >= 0.6 is 24.8 Å². The van der Waals surface area contributed by atoms with Gasteiger partial charge >= 0.3 is 30.2 Å². The summed E-state index contributed by atoms with van der Waals surface area (Å²) in [6.07, 6.45) is 17.8. The Balaban J connectivity index is 0.000000331. The SMILES string of the molecule is Cc1cc(C)cc(-c2cccc3[cH-]c(CC4CCCCC4)cc23)c1.Cc1cc(C)cc(-c2cccc3[cH-]c(CC4CCCCC4)cc23)c1.Cl.Cl.[CH2-]CC.[CH3-].[Si]=[Zr]. The van der Waals surface area contributed by atoms with Crippen LogP contribution in [-0.2, 0) is 36.2 Å². The molecule has 0 aliphatic heterocycles. The number of hydrogen-bond acceptors (Lipinski definition) is 0. The van der Waals surface area contributed by atoms with Gasteiger partial charge in [0.25, 0.3) is 0 Å². The Morgan fingerprint density at radius 1 is 0.554 bits per heavy atom. The molecule has 2 saturated carbocycles. The van der Waals surface area contributed by atoms with Crippen LogP contribution in [0.3, 0.4) is 0 Å². The molecule has 2 aliphatic rings. The van der Waals surface area contributed by atoms with E-state index in [1.54, 1.807) is 0 Å². The van der Waals surface area contributed by atoms with E-state index in [0.29, 0.717) is 0 Å². The Hall–Kier alpha value is -2.22. The van der Waals surface area contributed by atoms with E-state index in [-0.39, 0.29) is 32.2 Å². The molecule has 0 unspecified atom stereocenters. The minimum atomic E-state index is 0. The third-order valence-corrected chi connectivity index (χ3v) is 11.2. The Morgan fingerprint density at radius 3 is 1.20 bits per heavy atom. The van der Waals surface area contributed by atoms with Crippen LogP contribution in [0.2, 0.25) is 0 Å². The Labute approximate surface area is 370 Å².